The van der Waals surface area contributed by atoms with Crippen molar-refractivity contribution in [1.82, 2.24) is 0 Å². The van der Waals surface area contributed by atoms with E-state index in [2.05, 4.69) is 19.2 Å². The van der Waals surface area contributed by atoms with Crippen LogP contribution in [-0.2, 0) is 4.79 Å². The van der Waals surface area contributed by atoms with Crippen LogP contribution in [0.1, 0.15) is 30.9 Å². The van der Waals surface area contributed by atoms with Crippen LogP contribution in [0.4, 0.5) is 5.69 Å². The molecule has 1 atom stereocenters. The second kappa shape index (κ2) is 3.53. The number of hydrogen-bond acceptors (Lipinski definition) is 1. The van der Waals surface area contributed by atoms with Crippen LogP contribution >= 0.6 is 11.6 Å². The zero-order chi connectivity index (χ0) is 11.2. The van der Waals surface area contributed by atoms with Crippen LogP contribution in [0, 0.1) is 12.8 Å². The zero-order valence-electron chi connectivity index (χ0n) is 9.10. The molecule has 0 saturated heterocycles. The van der Waals surface area contributed by atoms with E-state index in [1.54, 1.807) is 0 Å². The Bertz CT molecular complexity index is 426. The van der Waals surface area contributed by atoms with E-state index in [9.17, 15) is 4.79 Å². The summed E-state index contributed by atoms with van der Waals surface area (Å²) >= 11 is 6.06. The Balaban J connectivity index is 2.62. The number of anilines is 1. The van der Waals surface area contributed by atoms with Crippen molar-refractivity contribution in [3.05, 3.63) is 28.3 Å². The van der Waals surface area contributed by atoms with Crippen LogP contribution in [0.15, 0.2) is 12.1 Å². The molecule has 1 aliphatic rings. The summed E-state index contributed by atoms with van der Waals surface area (Å²) in [6, 6.07) is 3.80. The minimum atomic E-state index is -0.0568. The van der Waals surface area contributed by atoms with Crippen molar-refractivity contribution in [2.45, 2.75) is 26.7 Å². The fourth-order valence-corrected chi connectivity index (χ4v) is 2.41. The van der Waals surface area contributed by atoms with Gasteiger partial charge in [-0.1, -0.05) is 31.5 Å². The normalized spacial score (nSPS) is 19.3. The van der Waals surface area contributed by atoms with E-state index < -0.39 is 0 Å². The molecule has 80 valence electrons. The van der Waals surface area contributed by atoms with Crippen molar-refractivity contribution in [2.24, 2.45) is 5.92 Å². The largest absolute Gasteiger partial charge is 0.324 e. The van der Waals surface area contributed by atoms with Crippen LogP contribution in [0.25, 0.3) is 0 Å². The Morgan fingerprint density at radius 1 is 1.40 bits per heavy atom. The van der Waals surface area contributed by atoms with Crippen molar-refractivity contribution in [3.63, 3.8) is 0 Å². The molecule has 3 heteroatoms. The van der Waals surface area contributed by atoms with Crippen LogP contribution in [0.3, 0.4) is 0 Å². The molecule has 0 bridgehead atoms. The maximum Gasteiger partial charge on any atom is 0.232 e. The molecular formula is C12H14ClNO. The summed E-state index contributed by atoms with van der Waals surface area (Å²) < 4.78 is 0. The minimum absolute atomic E-state index is 0.0568. The van der Waals surface area contributed by atoms with Crippen molar-refractivity contribution in [2.75, 3.05) is 5.32 Å². The molecule has 1 aliphatic heterocycles. The summed E-state index contributed by atoms with van der Waals surface area (Å²) in [6.45, 7) is 6.13. The molecule has 0 saturated carbocycles. The molecule has 0 fully saturated rings. The average Bonchev–Trinajstić information content (AvgIpc) is 2.50. The first-order chi connectivity index (χ1) is 7.02. The van der Waals surface area contributed by atoms with Crippen LogP contribution in [-0.4, -0.2) is 5.91 Å². The number of nitrogens with one attached hydrogen (secondary N) is 1. The molecular weight excluding hydrogens is 210 g/mol. The van der Waals surface area contributed by atoms with Gasteiger partial charge in [0.05, 0.1) is 16.6 Å². The molecule has 15 heavy (non-hydrogen) atoms. The average molecular weight is 224 g/mol. The van der Waals surface area contributed by atoms with Crippen molar-refractivity contribution in [3.8, 4) is 0 Å². The third-order valence-electron chi connectivity index (χ3n) is 2.92. The van der Waals surface area contributed by atoms with E-state index >= 15 is 0 Å². The quantitative estimate of drug-likeness (QED) is 0.778. The molecule has 2 nitrogen and oxygen atoms in total. The van der Waals surface area contributed by atoms with Crippen LogP contribution in [0.5, 0.6) is 0 Å². The lowest BCUT2D eigenvalue weighted by Crippen LogP contribution is -2.17. The molecule has 2 rings (SSSR count). The number of benzene rings is 1. The summed E-state index contributed by atoms with van der Waals surface area (Å²) in [6.07, 6.45) is 0. The zero-order valence-corrected chi connectivity index (χ0v) is 9.85. The number of hydrogen-bond donors (Lipinski definition) is 1. The maximum absolute atomic E-state index is 11.8. The summed E-state index contributed by atoms with van der Waals surface area (Å²) in [5.74, 6) is 0.304. The van der Waals surface area contributed by atoms with Crippen LogP contribution in [0.2, 0.25) is 5.02 Å². The Hall–Kier alpha value is -1.02. The van der Waals surface area contributed by atoms with Gasteiger partial charge in [0.15, 0.2) is 0 Å². The number of carbonyl (C=O) groups excluding carboxylic acids is 1. The summed E-state index contributed by atoms with van der Waals surface area (Å²) in [7, 11) is 0. The van der Waals surface area contributed by atoms with E-state index in [4.69, 9.17) is 11.6 Å². The van der Waals surface area contributed by atoms with Gasteiger partial charge in [-0.2, -0.15) is 0 Å². The summed E-state index contributed by atoms with van der Waals surface area (Å²) in [4.78, 5) is 11.8. The molecule has 0 aromatic heterocycles. The molecule has 1 amide bonds. The smallest absolute Gasteiger partial charge is 0.232 e. The first-order valence-corrected chi connectivity index (χ1v) is 5.50. The monoisotopic (exact) mass is 223 g/mol. The lowest BCUT2D eigenvalue weighted by atomic mass is 9.87. The predicted octanol–water partition coefficient (Wildman–Crippen LogP) is 3.34. The van der Waals surface area contributed by atoms with Gasteiger partial charge in [-0.3, -0.25) is 4.79 Å². The second-order valence-electron chi connectivity index (χ2n) is 4.36. The van der Waals surface area contributed by atoms with Gasteiger partial charge in [-0.25, -0.2) is 0 Å². The van der Waals surface area contributed by atoms with Gasteiger partial charge in [0.25, 0.3) is 0 Å². The lowest BCUT2D eigenvalue weighted by Gasteiger charge is -2.14. The highest BCUT2D eigenvalue weighted by molar-refractivity contribution is 6.34. The fourth-order valence-electron chi connectivity index (χ4n) is 2.19. The van der Waals surface area contributed by atoms with E-state index in [0.717, 1.165) is 16.8 Å². The van der Waals surface area contributed by atoms with Gasteiger partial charge in [0, 0.05) is 0 Å². The van der Waals surface area contributed by atoms with Crippen molar-refractivity contribution < 1.29 is 4.79 Å². The Labute approximate surface area is 94.6 Å². The van der Waals surface area contributed by atoms with E-state index in [1.165, 1.54) is 0 Å². The van der Waals surface area contributed by atoms with Gasteiger partial charge < -0.3 is 5.32 Å². The van der Waals surface area contributed by atoms with E-state index in [0.29, 0.717) is 10.9 Å². The first-order valence-electron chi connectivity index (χ1n) is 5.12. The van der Waals surface area contributed by atoms with Gasteiger partial charge in [-0.15, -0.1) is 0 Å². The first kappa shape index (κ1) is 10.5. The SMILES string of the molecule is Cc1ccc(Cl)c2c1C(C(C)C)C(=O)N2. The van der Waals surface area contributed by atoms with Gasteiger partial charge in [0.2, 0.25) is 5.91 Å². The van der Waals surface area contributed by atoms with Crippen molar-refractivity contribution in [1.29, 1.82) is 0 Å². The Kier molecular flexibility index (Phi) is 2.47. The molecule has 0 aliphatic carbocycles. The number of aryl methyl sites for hydroxylation is 1. The van der Waals surface area contributed by atoms with E-state index in [1.807, 2.05) is 19.1 Å². The highest BCUT2D eigenvalue weighted by Gasteiger charge is 2.35. The molecule has 1 aromatic rings. The molecule has 0 radical (unpaired) electrons. The lowest BCUT2D eigenvalue weighted by molar-refractivity contribution is -0.117. The molecule has 1 unspecified atom stereocenters. The molecule has 0 spiro atoms. The number of amides is 1. The number of rotatable bonds is 1. The van der Waals surface area contributed by atoms with E-state index in [-0.39, 0.29) is 11.8 Å². The second-order valence-corrected chi connectivity index (χ2v) is 4.77. The summed E-state index contributed by atoms with van der Waals surface area (Å²) in [5, 5.41) is 3.50. The van der Waals surface area contributed by atoms with Crippen LogP contribution < -0.4 is 5.32 Å². The Morgan fingerprint density at radius 3 is 2.67 bits per heavy atom. The topological polar surface area (TPSA) is 29.1 Å². The molecule has 1 N–H and O–H groups in total. The number of carbonyl (C=O) groups is 1. The maximum atomic E-state index is 11.8. The van der Waals surface area contributed by atoms with Crippen molar-refractivity contribution >= 4 is 23.2 Å². The third-order valence-corrected chi connectivity index (χ3v) is 3.24. The highest BCUT2D eigenvalue weighted by Crippen LogP contribution is 2.42. The highest BCUT2D eigenvalue weighted by atomic mass is 35.5. The molecule has 1 aromatic carbocycles. The third kappa shape index (κ3) is 1.53. The standard InChI is InChI=1S/C12H14ClNO/c1-6(2)9-10-7(3)4-5-8(13)11(10)14-12(9)15/h4-6,9H,1-3H3,(H,14,15). The van der Waals surface area contributed by atoms with Gasteiger partial charge >= 0.3 is 0 Å². The number of fused-ring (bicyclic) bond motifs is 1. The Morgan fingerprint density at radius 2 is 2.07 bits per heavy atom. The summed E-state index contributed by atoms with van der Waals surface area (Å²) in [5.41, 5.74) is 3.01. The minimum Gasteiger partial charge on any atom is -0.324 e. The van der Waals surface area contributed by atoms with Gasteiger partial charge in [0.1, 0.15) is 0 Å². The number of halogens is 1. The fraction of sp³-hybridized carbons (Fsp3) is 0.417. The predicted molar refractivity (Wildman–Crippen MR) is 62.4 cm³/mol. The molecule has 1 heterocycles. The van der Waals surface area contributed by atoms with Gasteiger partial charge in [-0.05, 0) is 30.0 Å².